The maximum absolute atomic E-state index is 13.3. The summed E-state index contributed by atoms with van der Waals surface area (Å²) in [5.74, 6) is 0.243. The molecule has 7 nitrogen and oxygen atoms in total. The van der Waals surface area contributed by atoms with Gasteiger partial charge in [0, 0.05) is 39.3 Å². The Morgan fingerprint density at radius 3 is 2.66 bits per heavy atom. The molecule has 3 aromatic rings. The van der Waals surface area contributed by atoms with Crippen LogP contribution in [0, 0.1) is 0 Å². The molecule has 0 fully saturated rings. The maximum atomic E-state index is 13.3. The predicted octanol–water partition coefficient (Wildman–Crippen LogP) is 3.87. The molecule has 1 N–H and O–H groups in total. The number of thiophene rings is 1. The van der Waals surface area contributed by atoms with Crippen LogP contribution in [0.5, 0.6) is 5.75 Å². The number of rotatable bonds is 4. The van der Waals surface area contributed by atoms with Crippen LogP contribution < -0.4 is 9.64 Å². The minimum Gasteiger partial charge on any atom is -0.491 e. The van der Waals surface area contributed by atoms with Gasteiger partial charge in [-0.3, -0.25) is 14.6 Å². The molecule has 1 aliphatic heterocycles. The number of carbonyl (C=O) groups excluding carboxylic acids is 2. The summed E-state index contributed by atoms with van der Waals surface area (Å²) in [7, 11) is 5.00. The van der Waals surface area contributed by atoms with E-state index in [1.54, 1.807) is 51.6 Å². The van der Waals surface area contributed by atoms with Crippen molar-refractivity contribution in [2.45, 2.75) is 13.0 Å². The van der Waals surface area contributed by atoms with Crippen LogP contribution in [-0.4, -0.2) is 54.6 Å². The molecule has 3 heterocycles. The largest absolute Gasteiger partial charge is 0.491 e. The van der Waals surface area contributed by atoms with Gasteiger partial charge in [0.25, 0.3) is 11.8 Å². The van der Waals surface area contributed by atoms with E-state index in [1.807, 2.05) is 6.07 Å². The van der Waals surface area contributed by atoms with Gasteiger partial charge in [0.15, 0.2) is 0 Å². The highest BCUT2D eigenvalue weighted by molar-refractivity contribution is 7.17. The number of anilines is 1. The SMILES string of the molecule is CN(C)C(=O)c1ccc(N(C)C(=O)c2cc3c(s2)-c2ncc(CO)cc2OCC3)c(Cl)c1. The second-order valence-corrected chi connectivity index (χ2v) is 9.10. The highest BCUT2D eigenvalue weighted by Gasteiger charge is 2.25. The van der Waals surface area contributed by atoms with Crippen LogP contribution >= 0.6 is 22.9 Å². The van der Waals surface area contributed by atoms with E-state index in [9.17, 15) is 14.7 Å². The number of carbonyl (C=O) groups is 2. The number of aromatic nitrogens is 1. The molecular weight excluding hydrogens is 450 g/mol. The number of halogens is 1. The molecule has 32 heavy (non-hydrogen) atoms. The van der Waals surface area contributed by atoms with Crippen LogP contribution in [0.1, 0.15) is 31.2 Å². The molecule has 2 aromatic heterocycles. The number of nitrogens with zero attached hydrogens (tertiary/aromatic N) is 3. The quantitative estimate of drug-likeness (QED) is 0.624. The van der Waals surface area contributed by atoms with E-state index in [4.69, 9.17) is 16.3 Å². The third-order valence-electron chi connectivity index (χ3n) is 5.22. The molecular formula is C23H22ClN3O4S. The molecule has 0 bridgehead atoms. The number of hydrogen-bond donors (Lipinski definition) is 1. The van der Waals surface area contributed by atoms with Crippen molar-refractivity contribution in [2.24, 2.45) is 0 Å². The molecule has 1 aliphatic rings. The Hall–Kier alpha value is -2.94. The second kappa shape index (κ2) is 8.90. The molecule has 0 saturated heterocycles. The fourth-order valence-corrected chi connectivity index (χ4v) is 4.98. The van der Waals surface area contributed by atoms with E-state index < -0.39 is 0 Å². The van der Waals surface area contributed by atoms with Crippen LogP contribution in [0.4, 0.5) is 5.69 Å². The number of pyridine rings is 1. The van der Waals surface area contributed by atoms with Gasteiger partial charge in [-0.25, -0.2) is 0 Å². The van der Waals surface area contributed by atoms with Crippen LogP contribution in [-0.2, 0) is 13.0 Å². The van der Waals surface area contributed by atoms with Crippen LogP contribution in [0.3, 0.4) is 0 Å². The Bertz CT molecular complexity index is 1210. The number of aliphatic hydroxyl groups is 1. The average Bonchev–Trinajstić information content (AvgIpc) is 3.13. The topological polar surface area (TPSA) is 83.0 Å². The van der Waals surface area contributed by atoms with E-state index in [0.717, 1.165) is 10.4 Å². The first kappa shape index (κ1) is 22.3. The van der Waals surface area contributed by atoms with Crippen molar-refractivity contribution in [1.82, 2.24) is 9.88 Å². The number of hydrogen-bond acceptors (Lipinski definition) is 6. The summed E-state index contributed by atoms with van der Waals surface area (Å²) in [6.07, 6.45) is 2.26. The van der Waals surface area contributed by atoms with E-state index >= 15 is 0 Å². The van der Waals surface area contributed by atoms with Gasteiger partial charge in [0.1, 0.15) is 11.4 Å². The van der Waals surface area contributed by atoms with Crippen molar-refractivity contribution in [3.05, 3.63) is 63.1 Å². The minimum atomic E-state index is -0.203. The van der Waals surface area contributed by atoms with Gasteiger partial charge in [-0.2, -0.15) is 0 Å². The lowest BCUT2D eigenvalue weighted by molar-refractivity contribution is 0.0827. The van der Waals surface area contributed by atoms with Gasteiger partial charge in [0.2, 0.25) is 0 Å². The maximum Gasteiger partial charge on any atom is 0.268 e. The molecule has 0 aliphatic carbocycles. The number of amides is 2. The molecule has 4 rings (SSSR count). The zero-order valence-corrected chi connectivity index (χ0v) is 19.5. The number of fused-ring (bicyclic) bond motifs is 3. The molecule has 0 saturated carbocycles. The molecule has 166 valence electrons. The zero-order chi connectivity index (χ0) is 23.0. The van der Waals surface area contributed by atoms with E-state index in [2.05, 4.69) is 4.98 Å². The highest BCUT2D eigenvalue weighted by Crippen LogP contribution is 2.40. The average molecular weight is 472 g/mol. The first-order valence-electron chi connectivity index (χ1n) is 9.95. The normalized spacial score (nSPS) is 12.3. The van der Waals surface area contributed by atoms with Crippen molar-refractivity contribution in [3.63, 3.8) is 0 Å². The Labute approximate surface area is 194 Å². The number of benzene rings is 1. The van der Waals surface area contributed by atoms with Crippen molar-refractivity contribution in [3.8, 4) is 16.3 Å². The summed E-state index contributed by atoms with van der Waals surface area (Å²) < 4.78 is 5.80. The number of ether oxygens (including phenoxy) is 1. The van der Waals surface area contributed by atoms with Crippen molar-refractivity contribution in [2.75, 3.05) is 32.6 Å². The fraction of sp³-hybridized carbons (Fsp3) is 0.261. The smallest absolute Gasteiger partial charge is 0.268 e. The zero-order valence-electron chi connectivity index (χ0n) is 17.9. The predicted molar refractivity (Wildman–Crippen MR) is 125 cm³/mol. The minimum absolute atomic E-state index is 0.116. The van der Waals surface area contributed by atoms with Crippen LogP contribution in [0.25, 0.3) is 10.6 Å². The summed E-state index contributed by atoms with van der Waals surface area (Å²) >= 11 is 7.77. The molecule has 0 radical (unpaired) electrons. The van der Waals surface area contributed by atoms with Gasteiger partial charge in [-0.15, -0.1) is 11.3 Å². The summed E-state index contributed by atoms with van der Waals surface area (Å²) in [5.41, 5.74) is 3.31. The van der Waals surface area contributed by atoms with Crippen LogP contribution in [0.15, 0.2) is 36.5 Å². The van der Waals surface area contributed by atoms with E-state index in [1.165, 1.54) is 21.1 Å². The van der Waals surface area contributed by atoms with E-state index in [-0.39, 0.29) is 18.4 Å². The monoisotopic (exact) mass is 471 g/mol. The summed E-state index contributed by atoms with van der Waals surface area (Å²) in [6.45, 7) is 0.346. The van der Waals surface area contributed by atoms with Gasteiger partial charge < -0.3 is 19.6 Å². The molecule has 2 amide bonds. The Kier molecular flexibility index (Phi) is 6.19. The summed E-state index contributed by atoms with van der Waals surface area (Å²) in [5, 5.41) is 9.70. The molecule has 0 unspecified atom stereocenters. The van der Waals surface area contributed by atoms with Crippen LogP contribution in [0.2, 0.25) is 5.02 Å². The van der Waals surface area contributed by atoms with E-state index in [0.29, 0.717) is 51.2 Å². The third kappa shape index (κ3) is 4.09. The first-order chi connectivity index (χ1) is 15.3. The molecule has 0 spiro atoms. The summed E-state index contributed by atoms with van der Waals surface area (Å²) in [4.78, 5) is 34.3. The lowest BCUT2D eigenvalue weighted by Crippen LogP contribution is -2.26. The molecule has 0 atom stereocenters. The Morgan fingerprint density at radius 2 is 1.97 bits per heavy atom. The lowest BCUT2D eigenvalue weighted by Gasteiger charge is -2.19. The second-order valence-electron chi connectivity index (χ2n) is 7.64. The Balaban J connectivity index is 1.65. The van der Waals surface area contributed by atoms with Crippen molar-refractivity contribution < 1.29 is 19.4 Å². The number of aliphatic hydroxyl groups excluding tert-OH is 1. The van der Waals surface area contributed by atoms with Crippen molar-refractivity contribution >= 4 is 40.4 Å². The highest BCUT2D eigenvalue weighted by atomic mass is 35.5. The van der Waals surface area contributed by atoms with Gasteiger partial charge in [-0.05, 0) is 41.5 Å². The first-order valence-corrected chi connectivity index (χ1v) is 11.1. The van der Waals surface area contributed by atoms with Gasteiger partial charge in [-0.1, -0.05) is 11.6 Å². The fourth-order valence-electron chi connectivity index (χ4n) is 3.49. The van der Waals surface area contributed by atoms with Gasteiger partial charge >= 0.3 is 0 Å². The standard InChI is InChI=1S/C23H22ClN3O4S/c1-26(2)22(29)15-4-5-17(16(24)9-15)27(3)23(30)19-10-14-6-7-31-18-8-13(12-28)11-25-20(18)21(14)32-19/h4-5,8-11,28H,6-7,12H2,1-3H3. The molecule has 9 heteroatoms. The molecule has 1 aromatic carbocycles. The van der Waals surface area contributed by atoms with Gasteiger partial charge in [0.05, 0.1) is 33.7 Å². The third-order valence-corrected chi connectivity index (χ3v) is 6.70. The Morgan fingerprint density at radius 1 is 1.19 bits per heavy atom. The summed E-state index contributed by atoms with van der Waals surface area (Å²) in [6, 6.07) is 8.56. The van der Waals surface area contributed by atoms with Crippen molar-refractivity contribution in [1.29, 1.82) is 0 Å². The lowest BCUT2D eigenvalue weighted by atomic mass is 10.1.